The lowest BCUT2D eigenvalue weighted by Gasteiger charge is -2.32. The molecule has 0 saturated heterocycles. The Balaban J connectivity index is 1.29. The second-order valence-corrected chi connectivity index (χ2v) is 15.9. The number of aromatic nitrogens is 1. The van der Waals surface area contributed by atoms with Crippen molar-refractivity contribution in [3.63, 3.8) is 0 Å². The van der Waals surface area contributed by atoms with Crippen molar-refractivity contribution in [2.45, 2.75) is 37.7 Å². The van der Waals surface area contributed by atoms with Crippen LogP contribution in [0.4, 0.5) is 17.1 Å². The molecule has 0 fully saturated rings. The van der Waals surface area contributed by atoms with Crippen molar-refractivity contribution in [2.24, 2.45) is 0 Å². The van der Waals surface area contributed by atoms with Gasteiger partial charge in [0.15, 0.2) is 0 Å². The first-order valence-corrected chi connectivity index (χ1v) is 19.3. The molecule has 1 aromatic heterocycles. The Labute approximate surface area is 322 Å². The van der Waals surface area contributed by atoms with Crippen molar-refractivity contribution in [2.75, 3.05) is 4.90 Å². The Morgan fingerprint density at radius 3 is 2.11 bits per heavy atom. The zero-order chi connectivity index (χ0) is 36.9. The van der Waals surface area contributed by atoms with Crippen molar-refractivity contribution in [3.05, 3.63) is 199 Å². The van der Waals surface area contributed by atoms with E-state index in [9.17, 15) is 0 Å². The number of anilines is 3. The van der Waals surface area contributed by atoms with Crippen molar-refractivity contribution < 1.29 is 4.74 Å². The molecule has 2 heterocycles. The first-order valence-electron chi connectivity index (χ1n) is 19.3. The van der Waals surface area contributed by atoms with E-state index in [-0.39, 0.29) is 16.9 Å². The molecule has 3 heteroatoms. The quantitative estimate of drug-likeness (QED) is 0.177. The van der Waals surface area contributed by atoms with Crippen LogP contribution in [0.2, 0.25) is 0 Å². The molecule has 0 amide bonds. The van der Waals surface area contributed by atoms with Gasteiger partial charge in [0, 0.05) is 38.7 Å². The lowest BCUT2D eigenvalue weighted by atomic mass is 9.76. The Morgan fingerprint density at radius 1 is 0.582 bits per heavy atom. The van der Waals surface area contributed by atoms with Gasteiger partial charge >= 0.3 is 0 Å². The van der Waals surface area contributed by atoms with E-state index in [1.54, 1.807) is 0 Å². The summed E-state index contributed by atoms with van der Waals surface area (Å²) < 4.78 is 9.53. The van der Waals surface area contributed by atoms with Crippen molar-refractivity contribution in [1.29, 1.82) is 0 Å². The van der Waals surface area contributed by atoms with E-state index >= 15 is 0 Å². The van der Waals surface area contributed by atoms with Crippen LogP contribution in [-0.2, 0) is 10.8 Å². The fraction of sp³-hybridized carbons (Fsp3) is 0.115. The molecule has 2 unspecified atom stereocenters. The lowest BCUT2D eigenvalue weighted by Crippen LogP contribution is -2.32. The summed E-state index contributed by atoms with van der Waals surface area (Å²) in [4.78, 5) is 2.53. The largest absolute Gasteiger partial charge is 0.483 e. The summed E-state index contributed by atoms with van der Waals surface area (Å²) in [6.07, 6.45) is 8.72. The highest BCUT2D eigenvalue weighted by Gasteiger charge is 2.46. The van der Waals surface area contributed by atoms with E-state index in [0.29, 0.717) is 0 Å². The molecular weight excluding hydrogens is 669 g/mol. The van der Waals surface area contributed by atoms with E-state index < -0.39 is 0 Å². The molecule has 3 aliphatic rings. The van der Waals surface area contributed by atoms with Crippen molar-refractivity contribution in [3.8, 4) is 33.7 Å². The number of fused-ring (bicyclic) bond motifs is 10. The van der Waals surface area contributed by atoms with Gasteiger partial charge in [-0.1, -0.05) is 147 Å². The number of hydrogen-bond donors (Lipinski definition) is 0. The molecule has 0 saturated carbocycles. The molecule has 2 atom stereocenters. The minimum absolute atomic E-state index is 0.113. The summed E-state index contributed by atoms with van der Waals surface area (Å²) in [6, 6.07) is 57.8. The molecule has 3 nitrogen and oxygen atoms in total. The number of ether oxygens (including phenoxy) is 1. The fourth-order valence-corrected chi connectivity index (χ4v) is 9.67. The summed E-state index contributed by atoms with van der Waals surface area (Å²) in [5.74, 6) is 0.948. The molecule has 0 bridgehead atoms. The Kier molecular flexibility index (Phi) is 6.79. The summed E-state index contributed by atoms with van der Waals surface area (Å²) in [7, 11) is 0. The standard InChI is InChI=1S/C52H40N2O/c1-51(2)41-25-13-10-23-38(41)39-30-29-36(32-42(39)51)53(44-26-14-11-22-37(44)34-18-6-4-7-19-34)46-33-43-50(55-47-28-16-17-31-52(43,47)3)49-48(46)40-24-12-15-27-45(40)54(49)35-20-8-5-9-21-35/h4-33,47H,1-3H3. The molecule has 0 radical (unpaired) electrons. The number of allylic oxidation sites excluding steroid dienone is 2. The van der Waals surface area contributed by atoms with Gasteiger partial charge in [0.25, 0.3) is 0 Å². The van der Waals surface area contributed by atoms with E-state index in [0.717, 1.165) is 39.5 Å². The highest BCUT2D eigenvalue weighted by molar-refractivity contribution is 6.19. The van der Waals surface area contributed by atoms with Crippen LogP contribution in [0.1, 0.15) is 37.5 Å². The molecule has 264 valence electrons. The predicted octanol–water partition coefficient (Wildman–Crippen LogP) is 13.4. The molecule has 2 aliphatic carbocycles. The van der Waals surface area contributed by atoms with Crippen LogP contribution >= 0.6 is 0 Å². The summed E-state index contributed by atoms with van der Waals surface area (Å²) in [5, 5.41) is 2.35. The molecule has 8 aromatic rings. The Bertz CT molecular complexity index is 2900. The lowest BCUT2D eigenvalue weighted by molar-refractivity contribution is 0.229. The fourth-order valence-electron chi connectivity index (χ4n) is 9.67. The van der Waals surface area contributed by atoms with E-state index in [1.165, 1.54) is 49.7 Å². The SMILES string of the molecule is CC1(C)c2ccccc2-c2ccc(N(c3ccccc3-c3ccccc3)c3cc4c(c5c3c3ccccc3n5-c3ccccc3)OC3C=CC=CC43C)cc21. The van der Waals surface area contributed by atoms with Gasteiger partial charge in [0.05, 0.1) is 27.8 Å². The molecule has 7 aromatic carbocycles. The second-order valence-electron chi connectivity index (χ2n) is 15.9. The molecule has 0 spiro atoms. The zero-order valence-corrected chi connectivity index (χ0v) is 31.2. The Morgan fingerprint density at radius 2 is 1.27 bits per heavy atom. The van der Waals surface area contributed by atoms with E-state index in [1.807, 2.05) is 0 Å². The highest BCUT2D eigenvalue weighted by atomic mass is 16.5. The topological polar surface area (TPSA) is 17.4 Å². The maximum Gasteiger partial charge on any atom is 0.149 e. The molecular formula is C52H40N2O. The van der Waals surface area contributed by atoms with Crippen LogP contribution in [-0.4, -0.2) is 10.7 Å². The maximum atomic E-state index is 7.10. The second kappa shape index (κ2) is 11.7. The summed E-state index contributed by atoms with van der Waals surface area (Å²) in [6.45, 7) is 7.06. The van der Waals surface area contributed by atoms with Crippen molar-refractivity contribution >= 4 is 38.9 Å². The number of nitrogens with zero attached hydrogens (tertiary/aromatic N) is 2. The molecule has 0 N–H and O–H groups in total. The van der Waals surface area contributed by atoms with Crippen LogP contribution in [0.25, 0.3) is 49.7 Å². The molecule has 1 aliphatic heterocycles. The summed E-state index contributed by atoms with van der Waals surface area (Å²) >= 11 is 0. The third-order valence-corrected chi connectivity index (χ3v) is 12.4. The highest BCUT2D eigenvalue weighted by Crippen LogP contribution is 2.57. The third kappa shape index (κ3) is 4.50. The van der Waals surface area contributed by atoms with Crippen molar-refractivity contribution in [1.82, 2.24) is 4.57 Å². The monoisotopic (exact) mass is 708 g/mol. The molecule has 11 rings (SSSR count). The number of hydrogen-bond acceptors (Lipinski definition) is 2. The van der Waals surface area contributed by atoms with Crippen LogP contribution < -0.4 is 9.64 Å². The van der Waals surface area contributed by atoms with Crippen LogP contribution in [0.3, 0.4) is 0 Å². The smallest absolute Gasteiger partial charge is 0.149 e. The normalized spacial score (nSPS) is 18.5. The van der Waals surface area contributed by atoms with Crippen LogP contribution in [0, 0.1) is 0 Å². The number of benzene rings is 7. The van der Waals surface area contributed by atoms with Gasteiger partial charge in [-0.2, -0.15) is 0 Å². The van der Waals surface area contributed by atoms with Gasteiger partial charge in [0.2, 0.25) is 0 Å². The third-order valence-electron chi connectivity index (χ3n) is 12.4. The van der Waals surface area contributed by atoms with E-state index in [2.05, 4.69) is 212 Å². The van der Waals surface area contributed by atoms with Gasteiger partial charge in [-0.3, -0.25) is 0 Å². The van der Waals surface area contributed by atoms with Gasteiger partial charge in [0.1, 0.15) is 11.9 Å². The van der Waals surface area contributed by atoms with Gasteiger partial charge in [-0.15, -0.1) is 0 Å². The predicted molar refractivity (Wildman–Crippen MR) is 229 cm³/mol. The first-order chi connectivity index (χ1) is 26.9. The number of para-hydroxylation sites is 3. The minimum atomic E-state index is -0.350. The van der Waals surface area contributed by atoms with Gasteiger partial charge < -0.3 is 14.2 Å². The maximum absolute atomic E-state index is 7.10. The average Bonchev–Trinajstić information content (AvgIpc) is 3.82. The van der Waals surface area contributed by atoms with Crippen LogP contribution in [0.5, 0.6) is 5.75 Å². The summed E-state index contributed by atoms with van der Waals surface area (Å²) in [5.41, 5.74) is 15.1. The van der Waals surface area contributed by atoms with Crippen LogP contribution in [0.15, 0.2) is 182 Å². The van der Waals surface area contributed by atoms with Gasteiger partial charge in [-0.25, -0.2) is 0 Å². The average molecular weight is 709 g/mol. The van der Waals surface area contributed by atoms with Gasteiger partial charge in [-0.05, 0) is 83.3 Å². The zero-order valence-electron chi connectivity index (χ0n) is 31.2. The Hall–Kier alpha value is -6.58. The van der Waals surface area contributed by atoms with E-state index in [4.69, 9.17) is 4.74 Å². The molecule has 55 heavy (non-hydrogen) atoms. The number of rotatable bonds is 5. The minimum Gasteiger partial charge on any atom is -0.483 e. The first kappa shape index (κ1) is 31.9.